The number of ether oxygens (including phenoxy) is 1. The number of phenols is 1. The zero-order valence-electron chi connectivity index (χ0n) is 17.2. The van der Waals surface area contributed by atoms with Crippen LogP contribution in [0.3, 0.4) is 0 Å². The van der Waals surface area contributed by atoms with Gasteiger partial charge >= 0.3 is 0 Å². The predicted molar refractivity (Wildman–Crippen MR) is 121 cm³/mol. The summed E-state index contributed by atoms with van der Waals surface area (Å²) in [6, 6.07) is 21.7. The molecule has 0 saturated heterocycles. The first kappa shape index (κ1) is 20.4. The number of aryl methyl sites for hydroxylation is 1. The summed E-state index contributed by atoms with van der Waals surface area (Å²) in [6.07, 6.45) is 3.42. The van der Waals surface area contributed by atoms with Crippen LogP contribution >= 0.6 is 0 Å². The van der Waals surface area contributed by atoms with Crippen molar-refractivity contribution >= 4 is 11.9 Å². The van der Waals surface area contributed by atoms with Crippen molar-refractivity contribution in [3.05, 3.63) is 102 Å². The van der Waals surface area contributed by atoms with E-state index in [-0.39, 0.29) is 11.2 Å². The second kappa shape index (κ2) is 8.78. The molecular formula is C26H27NO2. The molecule has 0 radical (unpaired) electrons. The fourth-order valence-electron chi connectivity index (χ4n) is 3.32. The van der Waals surface area contributed by atoms with Gasteiger partial charge in [0.15, 0.2) is 0 Å². The number of nitrogens with zero attached hydrogens (tertiary/aromatic N) is 1. The molecule has 3 heteroatoms. The molecule has 3 aromatic carbocycles. The third-order valence-corrected chi connectivity index (χ3v) is 5.01. The van der Waals surface area contributed by atoms with E-state index in [1.165, 1.54) is 0 Å². The molecule has 0 atom stereocenters. The molecule has 0 bridgehead atoms. The normalized spacial score (nSPS) is 11.6. The van der Waals surface area contributed by atoms with E-state index in [2.05, 4.69) is 37.6 Å². The average molecular weight is 386 g/mol. The fraction of sp³-hybridized carbons (Fsp3) is 0.192. The first-order valence-corrected chi connectivity index (χ1v) is 9.69. The Kier molecular flexibility index (Phi) is 6.18. The Balaban J connectivity index is 1.91. The van der Waals surface area contributed by atoms with Crippen molar-refractivity contribution in [3.8, 4) is 11.5 Å². The van der Waals surface area contributed by atoms with Gasteiger partial charge in [-0.05, 0) is 48.4 Å². The number of phenolic OH excluding ortho intramolecular Hbond substituents is 1. The summed E-state index contributed by atoms with van der Waals surface area (Å²) in [5.74, 6) is 1.04. The average Bonchev–Trinajstić information content (AvgIpc) is 2.74. The van der Waals surface area contributed by atoms with Crippen molar-refractivity contribution in [3.63, 3.8) is 0 Å². The Morgan fingerprint density at radius 3 is 2.38 bits per heavy atom. The second-order valence-corrected chi connectivity index (χ2v) is 7.59. The summed E-state index contributed by atoms with van der Waals surface area (Å²) >= 11 is 0. The van der Waals surface area contributed by atoms with Crippen LogP contribution in [0.25, 0.3) is 0 Å². The molecule has 0 aliphatic carbocycles. The summed E-state index contributed by atoms with van der Waals surface area (Å²) in [4.78, 5) is 4.54. The molecule has 3 aromatic rings. The largest absolute Gasteiger partial charge is 0.507 e. The SMILES string of the molecule is C=CCOc1ccc(N=Cc2cc(C)cc(C(C)(C)c3ccccc3)c2O)cc1. The standard InChI is InChI=1S/C26H27NO2/c1-5-15-29-23-13-11-22(12-14-23)27-18-20-16-19(2)17-24(25(20)28)26(3,4)21-9-7-6-8-10-21/h5-14,16-18,28H,1,15H2,2-4H3. The number of rotatable bonds is 7. The third-order valence-electron chi connectivity index (χ3n) is 5.01. The number of hydrogen-bond acceptors (Lipinski definition) is 3. The summed E-state index contributed by atoms with van der Waals surface area (Å²) in [5, 5.41) is 11.0. The van der Waals surface area contributed by atoms with Gasteiger partial charge in [-0.15, -0.1) is 0 Å². The topological polar surface area (TPSA) is 41.8 Å². The zero-order chi connectivity index (χ0) is 20.9. The molecule has 0 aliphatic heterocycles. The molecule has 29 heavy (non-hydrogen) atoms. The molecule has 0 heterocycles. The molecule has 0 spiro atoms. The minimum Gasteiger partial charge on any atom is -0.507 e. The van der Waals surface area contributed by atoms with E-state index in [0.29, 0.717) is 12.2 Å². The van der Waals surface area contributed by atoms with Gasteiger partial charge in [0.05, 0.1) is 5.69 Å². The van der Waals surface area contributed by atoms with Crippen molar-refractivity contribution in [2.75, 3.05) is 6.61 Å². The Morgan fingerprint density at radius 1 is 1.03 bits per heavy atom. The van der Waals surface area contributed by atoms with Crippen molar-refractivity contribution in [2.45, 2.75) is 26.2 Å². The maximum absolute atomic E-state index is 11.0. The maximum atomic E-state index is 11.0. The van der Waals surface area contributed by atoms with Gasteiger partial charge in [0.2, 0.25) is 0 Å². The molecule has 0 amide bonds. The molecule has 0 aromatic heterocycles. The molecule has 1 N–H and O–H groups in total. The van der Waals surface area contributed by atoms with Crippen molar-refractivity contribution in [1.29, 1.82) is 0 Å². The first-order chi connectivity index (χ1) is 13.9. The van der Waals surface area contributed by atoms with E-state index >= 15 is 0 Å². The van der Waals surface area contributed by atoms with Crippen molar-refractivity contribution in [1.82, 2.24) is 0 Å². The Hall–Kier alpha value is -3.33. The minimum atomic E-state index is -0.329. The maximum Gasteiger partial charge on any atom is 0.128 e. The van der Waals surface area contributed by atoms with Crippen LogP contribution in [-0.4, -0.2) is 17.9 Å². The van der Waals surface area contributed by atoms with E-state index in [1.807, 2.05) is 61.5 Å². The summed E-state index contributed by atoms with van der Waals surface area (Å²) < 4.78 is 5.49. The third kappa shape index (κ3) is 4.75. The Labute approximate surface area is 173 Å². The van der Waals surface area contributed by atoms with Gasteiger partial charge in [0, 0.05) is 22.8 Å². The minimum absolute atomic E-state index is 0.263. The highest BCUT2D eigenvalue weighted by Gasteiger charge is 2.27. The van der Waals surface area contributed by atoms with Gasteiger partial charge in [-0.25, -0.2) is 0 Å². The second-order valence-electron chi connectivity index (χ2n) is 7.59. The van der Waals surface area contributed by atoms with Crippen molar-refractivity contribution < 1.29 is 9.84 Å². The van der Waals surface area contributed by atoms with Crippen LogP contribution in [0.2, 0.25) is 0 Å². The molecule has 148 valence electrons. The molecule has 0 unspecified atom stereocenters. The van der Waals surface area contributed by atoms with Crippen LogP contribution in [0.1, 0.15) is 36.1 Å². The van der Waals surface area contributed by atoms with Crippen LogP contribution < -0.4 is 4.74 Å². The van der Waals surface area contributed by atoms with E-state index < -0.39 is 0 Å². The Bertz CT molecular complexity index is 1000. The van der Waals surface area contributed by atoms with E-state index in [0.717, 1.165) is 28.1 Å². The van der Waals surface area contributed by atoms with Crippen LogP contribution in [0.15, 0.2) is 84.4 Å². The molecule has 3 rings (SSSR count). The first-order valence-electron chi connectivity index (χ1n) is 9.69. The number of benzene rings is 3. The van der Waals surface area contributed by atoms with E-state index in [4.69, 9.17) is 4.74 Å². The lowest BCUT2D eigenvalue weighted by atomic mass is 9.76. The monoisotopic (exact) mass is 385 g/mol. The highest BCUT2D eigenvalue weighted by molar-refractivity contribution is 5.86. The lowest BCUT2D eigenvalue weighted by molar-refractivity contribution is 0.363. The molecule has 0 saturated carbocycles. The van der Waals surface area contributed by atoms with Gasteiger partial charge in [-0.3, -0.25) is 4.99 Å². The van der Waals surface area contributed by atoms with Gasteiger partial charge in [0.25, 0.3) is 0 Å². The summed E-state index contributed by atoms with van der Waals surface area (Å²) in [5.41, 5.74) is 4.29. The van der Waals surface area contributed by atoms with Crippen LogP contribution in [0.5, 0.6) is 11.5 Å². The quantitative estimate of drug-likeness (QED) is 0.381. The predicted octanol–water partition coefficient (Wildman–Crippen LogP) is 6.34. The van der Waals surface area contributed by atoms with Gasteiger partial charge in [-0.1, -0.05) is 62.9 Å². The van der Waals surface area contributed by atoms with Crippen molar-refractivity contribution in [2.24, 2.45) is 4.99 Å². The van der Waals surface area contributed by atoms with E-state index in [9.17, 15) is 5.11 Å². The van der Waals surface area contributed by atoms with Crippen LogP contribution in [0.4, 0.5) is 5.69 Å². The summed E-state index contributed by atoms with van der Waals surface area (Å²) in [6.45, 7) is 10.4. The lowest BCUT2D eigenvalue weighted by Crippen LogP contribution is -2.19. The lowest BCUT2D eigenvalue weighted by Gasteiger charge is -2.28. The van der Waals surface area contributed by atoms with Gasteiger partial charge < -0.3 is 9.84 Å². The van der Waals surface area contributed by atoms with Gasteiger partial charge in [-0.2, -0.15) is 0 Å². The molecule has 3 nitrogen and oxygen atoms in total. The number of aliphatic imine (C=N–C) groups is 1. The van der Waals surface area contributed by atoms with Crippen LogP contribution in [0, 0.1) is 6.92 Å². The highest BCUT2D eigenvalue weighted by Crippen LogP contribution is 2.39. The molecular weight excluding hydrogens is 358 g/mol. The zero-order valence-corrected chi connectivity index (χ0v) is 17.2. The van der Waals surface area contributed by atoms with Crippen LogP contribution in [-0.2, 0) is 5.41 Å². The number of hydrogen-bond donors (Lipinski definition) is 1. The molecule has 0 fully saturated rings. The smallest absolute Gasteiger partial charge is 0.128 e. The molecule has 0 aliphatic rings. The highest BCUT2D eigenvalue weighted by atomic mass is 16.5. The Morgan fingerprint density at radius 2 is 1.72 bits per heavy atom. The van der Waals surface area contributed by atoms with E-state index in [1.54, 1.807) is 12.3 Å². The summed E-state index contributed by atoms with van der Waals surface area (Å²) in [7, 11) is 0. The fourth-order valence-corrected chi connectivity index (χ4v) is 3.32. The number of aromatic hydroxyl groups is 1. The van der Waals surface area contributed by atoms with Gasteiger partial charge in [0.1, 0.15) is 18.1 Å².